The quantitative estimate of drug-likeness (QED) is 0.406. The molecule has 0 amide bonds. The predicted molar refractivity (Wildman–Crippen MR) is 83.2 cm³/mol. The molecule has 3 aromatic rings. The first-order valence-corrected chi connectivity index (χ1v) is 7.55. The first-order chi connectivity index (χ1) is 11.1. The SMILES string of the molecule is O=C(Oc1cc2oc(=O)c3c(c2cc1Cl)CCC3)c1ccco1. The van der Waals surface area contributed by atoms with E-state index in [1.807, 2.05) is 0 Å². The molecule has 1 aromatic carbocycles. The van der Waals surface area contributed by atoms with Gasteiger partial charge in [0.2, 0.25) is 5.76 Å². The van der Waals surface area contributed by atoms with Gasteiger partial charge in [-0.1, -0.05) is 11.6 Å². The number of hydrogen-bond acceptors (Lipinski definition) is 5. The van der Waals surface area contributed by atoms with E-state index in [2.05, 4.69) is 0 Å². The molecule has 0 spiro atoms. The monoisotopic (exact) mass is 330 g/mol. The molecule has 0 atom stereocenters. The van der Waals surface area contributed by atoms with Crippen LogP contribution in [-0.2, 0) is 12.8 Å². The number of carbonyl (C=O) groups is 1. The first-order valence-electron chi connectivity index (χ1n) is 7.17. The predicted octanol–water partition coefficient (Wildman–Crippen LogP) is 3.75. The lowest BCUT2D eigenvalue weighted by Gasteiger charge is -2.08. The fourth-order valence-corrected chi connectivity index (χ4v) is 3.11. The number of esters is 1. The summed E-state index contributed by atoms with van der Waals surface area (Å²) in [6.07, 6.45) is 3.84. The van der Waals surface area contributed by atoms with Gasteiger partial charge < -0.3 is 13.6 Å². The van der Waals surface area contributed by atoms with Crippen molar-refractivity contribution in [2.45, 2.75) is 19.3 Å². The van der Waals surface area contributed by atoms with E-state index in [0.29, 0.717) is 11.1 Å². The molecule has 2 heterocycles. The van der Waals surface area contributed by atoms with E-state index in [9.17, 15) is 9.59 Å². The summed E-state index contributed by atoms with van der Waals surface area (Å²) < 4.78 is 15.6. The Hall–Kier alpha value is -2.53. The van der Waals surface area contributed by atoms with Gasteiger partial charge in [-0.15, -0.1) is 0 Å². The molecule has 0 radical (unpaired) electrons. The highest BCUT2D eigenvalue weighted by Gasteiger charge is 2.22. The molecule has 0 saturated carbocycles. The summed E-state index contributed by atoms with van der Waals surface area (Å²) >= 11 is 6.22. The molecule has 0 unspecified atom stereocenters. The van der Waals surface area contributed by atoms with Crippen molar-refractivity contribution in [3.63, 3.8) is 0 Å². The molecule has 0 bridgehead atoms. The van der Waals surface area contributed by atoms with Crippen molar-refractivity contribution in [1.82, 2.24) is 0 Å². The van der Waals surface area contributed by atoms with Gasteiger partial charge in [0.15, 0.2) is 5.75 Å². The lowest BCUT2D eigenvalue weighted by Crippen LogP contribution is -2.09. The van der Waals surface area contributed by atoms with Crippen LogP contribution < -0.4 is 10.4 Å². The van der Waals surface area contributed by atoms with E-state index in [-0.39, 0.29) is 22.2 Å². The van der Waals surface area contributed by atoms with Crippen molar-refractivity contribution >= 4 is 28.5 Å². The van der Waals surface area contributed by atoms with E-state index < -0.39 is 5.97 Å². The molecule has 0 saturated heterocycles. The van der Waals surface area contributed by atoms with Crippen LogP contribution in [0.25, 0.3) is 11.0 Å². The lowest BCUT2D eigenvalue weighted by molar-refractivity contribution is 0.0701. The van der Waals surface area contributed by atoms with Crippen LogP contribution in [0.4, 0.5) is 0 Å². The minimum atomic E-state index is -0.667. The average molecular weight is 331 g/mol. The molecular formula is C17H11ClO5. The van der Waals surface area contributed by atoms with E-state index in [1.165, 1.54) is 18.4 Å². The fraction of sp³-hybridized carbons (Fsp3) is 0.176. The average Bonchev–Trinajstić information content (AvgIpc) is 3.20. The molecule has 0 fully saturated rings. The van der Waals surface area contributed by atoms with Crippen LogP contribution in [0.15, 0.2) is 44.2 Å². The maximum atomic E-state index is 12.0. The normalized spacial score (nSPS) is 13.3. The second-order valence-corrected chi connectivity index (χ2v) is 5.75. The van der Waals surface area contributed by atoms with Crippen LogP contribution in [-0.4, -0.2) is 5.97 Å². The van der Waals surface area contributed by atoms with Crippen molar-refractivity contribution in [2.75, 3.05) is 0 Å². The highest BCUT2D eigenvalue weighted by atomic mass is 35.5. The van der Waals surface area contributed by atoms with Crippen molar-refractivity contribution in [1.29, 1.82) is 0 Å². The Morgan fingerprint density at radius 3 is 2.83 bits per heavy atom. The van der Waals surface area contributed by atoms with Crippen LogP contribution in [0.5, 0.6) is 5.75 Å². The van der Waals surface area contributed by atoms with Crippen LogP contribution in [0, 0.1) is 0 Å². The number of aryl methyl sites for hydroxylation is 1. The summed E-state index contributed by atoms with van der Waals surface area (Å²) in [5.74, 6) is -0.474. The molecule has 1 aliphatic rings. The van der Waals surface area contributed by atoms with E-state index in [0.717, 1.165) is 30.2 Å². The van der Waals surface area contributed by atoms with Crippen molar-refractivity contribution in [2.24, 2.45) is 0 Å². The Bertz CT molecular complexity index is 969. The molecule has 6 heteroatoms. The van der Waals surface area contributed by atoms with Gasteiger partial charge in [-0.2, -0.15) is 0 Å². The van der Waals surface area contributed by atoms with Gasteiger partial charge in [0.1, 0.15) is 5.58 Å². The summed E-state index contributed by atoms with van der Waals surface area (Å²) in [5.41, 5.74) is 1.72. The van der Waals surface area contributed by atoms with Crippen LogP contribution in [0.1, 0.15) is 28.1 Å². The Morgan fingerprint density at radius 2 is 2.04 bits per heavy atom. The number of halogens is 1. The first kappa shape index (κ1) is 14.1. The zero-order valence-electron chi connectivity index (χ0n) is 11.9. The Balaban J connectivity index is 1.80. The van der Waals surface area contributed by atoms with Gasteiger partial charge in [0, 0.05) is 17.0 Å². The second-order valence-electron chi connectivity index (χ2n) is 5.35. The molecule has 4 rings (SSSR count). The number of ether oxygens (including phenoxy) is 1. The van der Waals surface area contributed by atoms with Gasteiger partial charge in [0.25, 0.3) is 0 Å². The van der Waals surface area contributed by atoms with Crippen LogP contribution >= 0.6 is 11.6 Å². The molecular weight excluding hydrogens is 320 g/mol. The zero-order chi connectivity index (χ0) is 16.0. The molecule has 2 aromatic heterocycles. The fourth-order valence-electron chi connectivity index (χ4n) is 2.91. The maximum absolute atomic E-state index is 12.0. The Labute approximate surface area is 135 Å². The summed E-state index contributed by atoms with van der Waals surface area (Å²) in [4.78, 5) is 24.0. The largest absolute Gasteiger partial charge is 0.457 e. The number of hydrogen-bond donors (Lipinski definition) is 0. The van der Waals surface area contributed by atoms with E-state index >= 15 is 0 Å². The highest BCUT2D eigenvalue weighted by Crippen LogP contribution is 2.35. The van der Waals surface area contributed by atoms with Crippen molar-refractivity contribution < 1.29 is 18.4 Å². The minimum absolute atomic E-state index is 0.0663. The van der Waals surface area contributed by atoms with Gasteiger partial charge in [-0.3, -0.25) is 0 Å². The van der Waals surface area contributed by atoms with Gasteiger partial charge in [0.05, 0.1) is 11.3 Å². The summed E-state index contributed by atoms with van der Waals surface area (Å²) in [7, 11) is 0. The molecule has 0 aliphatic heterocycles. The number of furan rings is 1. The Morgan fingerprint density at radius 1 is 1.22 bits per heavy atom. The summed E-state index contributed by atoms with van der Waals surface area (Å²) in [6, 6.07) is 6.22. The van der Waals surface area contributed by atoms with Crippen LogP contribution in [0.2, 0.25) is 5.02 Å². The van der Waals surface area contributed by atoms with E-state index in [1.54, 1.807) is 12.1 Å². The lowest BCUT2D eigenvalue weighted by atomic mass is 10.1. The zero-order valence-corrected chi connectivity index (χ0v) is 12.7. The number of rotatable bonds is 2. The molecule has 5 nitrogen and oxygen atoms in total. The minimum Gasteiger partial charge on any atom is -0.457 e. The number of benzene rings is 1. The smallest absolute Gasteiger partial charge is 0.379 e. The van der Waals surface area contributed by atoms with Gasteiger partial charge in [-0.05, 0) is 43.0 Å². The molecule has 23 heavy (non-hydrogen) atoms. The van der Waals surface area contributed by atoms with Crippen molar-refractivity contribution in [3.05, 3.63) is 62.9 Å². The molecule has 1 aliphatic carbocycles. The van der Waals surface area contributed by atoms with Gasteiger partial charge in [-0.25, -0.2) is 9.59 Å². The molecule has 0 N–H and O–H groups in total. The maximum Gasteiger partial charge on any atom is 0.379 e. The third-order valence-corrected chi connectivity index (χ3v) is 4.25. The van der Waals surface area contributed by atoms with Crippen molar-refractivity contribution in [3.8, 4) is 5.75 Å². The number of carbonyl (C=O) groups excluding carboxylic acids is 1. The molecule has 116 valence electrons. The van der Waals surface area contributed by atoms with Gasteiger partial charge >= 0.3 is 11.6 Å². The topological polar surface area (TPSA) is 69.7 Å². The third-order valence-electron chi connectivity index (χ3n) is 3.95. The third kappa shape index (κ3) is 2.33. The number of fused-ring (bicyclic) bond motifs is 3. The van der Waals surface area contributed by atoms with E-state index in [4.69, 9.17) is 25.2 Å². The standard InChI is InChI=1S/C17H11ClO5/c18-12-7-11-9-3-1-4-10(9)16(19)22-14(11)8-15(12)23-17(20)13-5-2-6-21-13/h2,5-8H,1,3-4H2. The summed E-state index contributed by atoms with van der Waals surface area (Å²) in [5, 5.41) is 1.07. The van der Waals surface area contributed by atoms with Crippen LogP contribution in [0.3, 0.4) is 0 Å². The Kier molecular flexibility index (Phi) is 3.23. The summed E-state index contributed by atoms with van der Waals surface area (Å²) in [6.45, 7) is 0. The highest BCUT2D eigenvalue weighted by molar-refractivity contribution is 6.33. The second kappa shape index (κ2) is 5.28.